The number of nitrogens with one attached hydrogen (secondary N) is 1. The zero-order valence-corrected chi connectivity index (χ0v) is 22.0. The Balaban J connectivity index is 1.53. The van der Waals surface area contributed by atoms with Crippen LogP contribution in [0.4, 0.5) is 24.7 Å². The molecule has 0 bridgehead atoms. The second kappa shape index (κ2) is 10.7. The first-order valence-corrected chi connectivity index (χ1v) is 13.4. The Labute approximate surface area is 219 Å². The fourth-order valence-electron chi connectivity index (χ4n) is 4.45. The van der Waals surface area contributed by atoms with Crippen molar-refractivity contribution in [1.29, 1.82) is 0 Å². The minimum Gasteiger partial charge on any atom is -0.354 e. The molecule has 38 heavy (non-hydrogen) atoms. The average Bonchev–Trinajstić information content (AvgIpc) is 2.85. The number of carbonyl (C=O) groups excluding carboxylic acids is 1. The number of hydrogen-bond acceptors (Lipinski definition) is 6. The molecule has 1 saturated heterocycles. The summed E-state index contributed by atoms with van der Waals surface area (Å²) in [7, 11) is -3.75. The molecule has 1 fully saturated rings. The number of benzene rings is 2. The van der Waals surface area contributed by atoms with Gasteiger partial charge in [0.1, 0.15) is 11.6 Å². The third kappa shape index (κ3) is 6.13. The quantitative estimate of drug-likeness (QED) is 0.498. The number of nitrogens with zero attached hydrogens (tertiary/aromatic N) is 4. The van der Waals surface area contributed by atoms with E-state index in [-0.39, 0.29) is 30.3 Å². The van der Waals surface area contributed by atoms with Crippen molar-refractivity contribution in [3.8, 4) is 0 Å². The monoisotopic (exact) mass is 547 g/mol. The van der Waals surface area contributed by atoms with Gasteiger partial charge in [-0.15, -0.1) is 0 Å². The molecule has 2 heterocycles. The van der Waals surface area contributed by atoms with Gasteiger partial charge in [0.2, 0.25) is 15.9 Å². The fourth-order valence-corrected chi connectivity index (χ4v) is 5.87. The van der Waals surface area contributed by atoms with E-state index in [2.05, 4.69) is 15.3 Å². The largest absolute Gasteiger partial charge is 0.416 e. The van der Waals surface area contributed by atoms with Gasteiger partial charge in [-0.2, -0.15) is 17.5 Å². The molecule has 0 aliphatic carbocycles. The number of hydrogen-bond donors (Lipinski definition) is 1. The summed E-state index contributed by atoms with van der Waals surface area (Å²) in [6, 6.07) is 11.2. The molecule has 0 atom stereocenters. The van der Waals surface area contributed by atoms with E-state index in [0.717, 1.165) is 12.1 Å². The molecule has 1 amide bonds. The zero-order chi connectivity index (χ0) is 27.7. The van der Waals surface area contributed by atoms with Crippen LogP contribution < -0.4 is 10.2 Å². The Morgan fingerprint density at radius 2 is 1.66 bits per heavy atom. The predicted octanol–water partition coefficient (Wildman–Crippen LogP) is 4.17. The highest BCUT2D eigenvalue weighted by Crippen LogP contribution is 2.31. The van der Waals surface area contributed by atoms with Gasteiger partial charge >= 0.3 is 6.18 Å². The molecule has 12 heteroatoms. The first kappa shape index (κ1) is 27.5. The van der Waals surface area contributed by atoms with Crippen LogP contribution in [0.1, 0.15) is 35.1 Å². The number of rotatable bonds is 6. The molecule has 0 saturated carbocycles. The van der Waals surface area contributed by atoms with Gasteiger partial charge in [0.25, 0.3) is 0 Å². The summed E-state index contributed by atoms with van der Waals surface area (Å²) in [5, 5.41) is 2.61. The summed E-state index contributed by atoms with van der Waals surface area (Å²) < 4.78 is 67.5. The number of anilines is 2. The molecule has 202 valence electrons. The lowest BCUT2D eigenvalue weighted by Crippen LogP contribution is -2.49. The first-order chi connectivity index (χ1) is 17.8. The number of aryl methyl sites for hydroxylation is 2. The van der Waals surface area contributed by atoms with Crippen molar-refractivity contribution in [1.82, 2.24) is 14.3 Å². The summed E-state index contributed by atoms with van der Waals surface area (Å²) in [6.45, 7) is 6.04. The fraction of sp³-hybridized carbons (Fsp3) is 0.346. The molecule has 3 aromatic rings. The summed E-state index contributed by atoms with van der Waals surface area (Å²) in [5.41, 5.74) is 1.65. The maximum atomic E-state index is 13.2. The summed E-state index contributed by atoms with van der Waals surface area (Å²) in [4.78, 5) is 22.3. The van der Waals surface area contributed by atoms with E-state index >= 15 is 0 Å². The van der Waals surface area contributed by atoms with Crippen molar-refractivity contribution in [3.05, 3.63) is 76.7 Å². The molecular formula is C26H28F3N5O3S. The van der Waals surface area contributed by atoms with E-state index in [1.165, 1.54) is 41.6 Å². The first-order valence-electron chi connectivity index (χ1n) is 12.0. The topological polar surface area (TPSA) is 95.5 Å². The molecule has 0 radical (unpaired) electrons. The van der Waals surface area contributed by atoms with E-state index in [4.69, 9.17) is 0 Å². The van der Waals surface area contributed by atoms with Crippen LogP contribution in [0.3, 0.4) is 0 Å². The molecular weight excluding hydrogens is 519 g/mol. The second-order valence-corrected chi connectivity index (χ2v) is 11.1. The lowest BCUT2D eigenvalue weighted by Gasteiger charge is -2.36. The van der Waals surface area contributed by atoms with Crippen molar-refractivity contribution >= 4 is 27.4 Å². The number of sulfonamides is 1. The van der Waals surface area contributed by atoms with E-state index in [0.29, 0.717) is 47.2 Å². The molecule has 1 aliphatic rings. The van der Waals surface area contributed by atoms with Gasteiger partial charge in [0.05, 0.1) is 10.5 Å². The van der Waals surface area contributed by atoms with Crippen molar-refractivity contribution < 1.29 is 26.4 Å². The minimum atomic E-state index is -4.44. The predicted molar refractivity (Wildman–Crippen MR) is 137 cm³/mol. The average molecular weight is 548 g/mol. The van der Waals surface area contributed by atoms with Crippen LogP contribution in [-0.2, 0) is 27.4 Å². The van der Waals surface area contributed by atoms with Gasteiger partial charge in [-0.05, 0) is 49.7 Å². The number of alkyl halides is 3. The zero-order valence-electron chi connectivity index (χ0n) is 21.2. The van der Waals surface area contributed by atoms with Crippen LogP contribution >= 0.6 is 0 Å². The van der Waals surface area contributed by atoms with Gasteiger partial charge in [0.15, 0.2) is 0 Å². The van der Waals surface area contributed by atoms with E-state index in [1.54, 1.807) is 19.9 Å². The van der Waals surface area contributed by atoms with Gasteiger partial charge in [-0.25, -0.2) is 18.4 Å². The highest BCUT2D eigenvalue weighted by Gasteiger charge is 2.32. The van der Waals surface area contributed by atoms with Gasteiger partial charge < -0.3 is 10.2 Å². The third-order valence-corrected chi connectivity index (χ3v) is 8.20. The molecule has 1 N–H and O–H groups in total. The molecule has 1 aromatic heterocycles. The Morgan fingerprint density at radius 3 is 2.26 bits per heavy atom. The van der Waals surface area contributed by atoms with Crippen LogP contribution in [-0.4, -0.2) is 54.8 Å². The molecule has 4 rings (SSSR count). The second-order valence-electron chi connectivity index (χ2n) is 9.13. The van der Waals surface area contributed by atoms with Crippen molar-refractivity contribution in [2.24, 2.45) is 0 Å². The van der Waals surface area contributed by atoms with Crippen molar-refractivity contribution in [2.45, 2.75) is 38.3 Å². The SMILES string of the molecule is CC(=O)Nc1ccc(S(=O)(=O)N2CCN(c3nc(C)nc(C)c3Cc3cccc(C(F)(F)F)c3)CC2)cc1. The number of carbonyl (C=O) groups is 1. The third-order valence-electron chi connectivity index (χ3n) is 6.29. The smallest absolute Gasteiger partial charge is 0.354 e. The van der Waals surface area contributed by atoms with Crippen LogP contribution in [0.5, 0.6) is 0 Å². The summed E-state index contributed by atoms with van der Waals surface area (Å²) in [5.74, 6) is 0.878. The van der Waals surface area contributed by atoms with Gasteiger partial charge in [-0.3, -0.25) is 4.79 Å². The Kier molecular flexibility index (Phi) is 7.75. The van der Waals surface area contributed by atoms with Crippen LogP contribution in [0.25, 0.3) is 0 Å². The van der Waals surface area contributed by atoms with Gasteiger partial charge in [0, 0.05) is 56.5 Å². The number of aromatic nitrogens is 2. The van der Waals surface area contributed by atoms with E-state index < -0.39 is 21.8 Å². The number of halogens is 3. The molecule has 0 spiro atoms. The van der Waals surface area contributed by atoms with Crippen molar-refractivity contribution in [2.75, 3.05) is 36.4 Å². The maximum Gasteiger partial charge on any atom is 0.416 e. The summed E-state index contributed by atoms with van der Waals surface area (Å²) >= 11 is 0. The highest BCUT2D eigenvalue weighted by atomic mass is 32.2. The Morgan fingerprint density at radius 1 is 1.00 bits per heavy atom. The van der Waals surface area contributed by atoms with Crippen LogP contribution in [0, 0.1) is 13.8 Å². The maximum absolute atomic E-state index is 13.2. The molecule has 0 unspecified atom stereocenters. The standard InChI is InChI=1S/C26H28F3N5O3S/c1-17-24(16-20-5-4-6-21(15-20)26(27,28)29)25(31-18(2)30-17)33-11-13-34(14-12-33)38(36,37)23-9-7-22(8-10-23)32-19(3)35/h4-10,15H,11-14,16H2,1-3H3,(H,32,35). The van der Waals surface area contributed by atoms with E-state index in [9.17, 15) is 26.4 Å². The van der Waals surface area contributed by atoms with Gasteiger partial charge in [-0.1, -0.05) is 18.2 Å². The molecule has 2 aromatic carbocycles. The number of piperazine rings is 1. The Bertz CT molecular complexity index is 1440. The van der Waals surface area contributed by atoms with Crippen LogP contribution in [0.15, 0.2) is 53.4 Å². The molecule has 1 aliphatic heterocycles. The van der Waals surface area contributed by atoms with Crippen molar-refractivity contribution in [3.63, 3.8) is 0 Å². The lowest BCUT2D eigenvalue weighted by atomic mass is 10.0. The highest BCUT2D eigenvalue weighted by molar-refractivity contribution is 7.89. The lowest BCUT2D eigenvalue weighted by molar-refractivity contribution is -0.137. The minimum absolute atomic E-state index is 0.124. The van der Waals surface area contributed by atoms with E-state index in [1.807, 2.05) is 4.90 Å². The molecule has 8 nitrogen and oxygen atoms in total. The normalized spacial score (nSPS) is 14.9. The number of amides is 1. The van der Waals surface area contributed by atoms with Crippen LogP contribution in [0.2, 0.25) is 0 Å². The summed E-state index contributed by atoms with van der Waals surface area (Å²) in [6.07, 6.45) is -4.23. The Hall–Kier alpha value is -3.51.